The second-order valence-corrected chi connectivity index (χ2v) is 9.26. The molecular formula is C20H26ClN5O4S. The van der Waals surface area contributed by atoms with Crippen LogP contribution >= 0.6 is 11.6 Å². The van der Waals surface area contributed by atoms with Crippen molar-refractivity contribution in [3.8, 4) is 0 Å². The van der Waals surface area contributed by atoms with Gasteiger partial charge in [-0.3, -0.25) is 19.4 Å². The van der Waals surface area contributed by atoms with E-state index >= 15 is 0 Å². The maximum absolute atomic E-state index is 13.2. The number of carbonyl (C=O) groups excluding carboxylic acids is 1. The Balaban J connectivity index is 1.71. The molecule has 168 valence electrons. The quantitative estimate of drug-likeness (QED) is 0.289. The number of morpholine rings is 1. The molecule has 3 rings (SSSR count). The number of anilines is 2. The minimum atomic E-state index is -4.00. The SMILES string of the molecule is NNC(=O)CN(c1ccc(Cl)cc1)S(=O)(=O)c1ccc(NCCN2CCOCC2)cc1. The number of hydrogen-bond acceptors (Lipinski definition) is 7. The number of ether oxygens (including phenoxy) is 1. The molecule has 1 fully saturated rings. The molecule has 0 saturated carbocycles. The van der Waals surface area contributed by atoms with E-state index in [0.717, 1.165) is 49.4 Å². The average Bonchev–Trinajstić information content (AvgIpc) is 2.79. The summed E-state index contributed by atoms with van der Waals surface area (Å²) in [5.41, 5.74) is 3.08. The highest BCUT2D eigenvalue weighted by Gasteiger charge is 2.27. The van der Waals surface area contributed by atoms with Gasteiger partial charge >= 0.3 is 0 Å². The molecule has 2 aromatic rings. The lowest BCUT2D eigenvalue weighted by atomic mass is 10.3. The van der Waals surface area contributed by atoms with Crippen molar-refractivity contribution in [2.24, 2.45) is 5.84 Å². The highest BCUT2D eigenvalue weighted by atomic mass is 35.5. The molecule has 1 aliphatic rings. The van der Waals surface area contributed by atoms with E-state index in [1.165, 1.54) is 24.3 Å². The highest BCUT2D eigenvalue weighted by Crippen LogP contribution is 2.26. The van der Waals surface area contributed by atoms with Gasteiger partial charge < -0.3 is 10.1 Å². The summed E-state index contributed by atoms with van der Waals surface area (Å²) in [6.07, 6.45) is 0. The Morgan fingerprint density at radius 2 is 1.74 bits per heavy atom. The van der Waals surface area contributed by atoms with Crippen molar-refractivity contribution in [1.82, 2.24) is 10.3 Å². The normalized spacial score (nSPS) is 14.8. The number of nitrogens with one attached hydrogen (secondary N) is 2. The number of halogens is 1. The summed E-state index contributed by atoms with van der Waals surface area (Å²) in [7, 11) is -4.00. The first-order valence-corrected chi connectivity index (χ1v) is 11.6. The molecule has 0 atom stereocenters. The standard InChI is InChI=1S/C20H26ClN5O4S/c21-16-1-5-18(6-2-16)26(15-20(27)24-22)31(28,29)19-7-3-17(4-8-19)23-9-10-25-11-13-30-14-12-25/h1-8,23H,9-15,22H2,(H,24,27). The van der Waals surface area contributed by atoms with Gasteiger partial charge in [0.2, 0.25) is 0 Å². The number of sulfonamides is 1. The number of hydrazine groups is 1. The van der Waals surface area contributed by atoms with Gasteiger partial charge in [-0.25, -0.2) is 14.3 Å². The van der Waals surface area contributed by atoms with Gasteiger partial charge in [-0.15, -0.1) is 0 Å². The molecule has 0 unspecified atom stereocenters. The van der Waals surface area contributed by atoms with Gasteiger partial charge in [0.1, 0.15) is 6.54 Å². The van der Waals surface area contributed by atoms with Gasteiger partial charge in [0, 0.05) is 36.9 Å². The van der Waals surface area contributed by atoms with E-state index in [1.807, 2.05) is 5.43 Å². The zero-order chi connectivity index (χ0) is 22.3. The average molecular weight is 468 g/mol. The molecule has 11 heteroatoms. The van der Waals surface area contributed by atoms with Crippen molar-refractivity contribution >= 4 is 38.9 Å². The number of amides is 1. The molecule has 9 nitrogen and oxygen atoms in total. The lowest BCUT2D eigenvalue weighted by Gasteiger charge is -2.26. The molecule has 1 saturated heterocycles. The molecule has 1 amide bonds. The minimum Gasteiger partial charge on any atom is -0.384 e. The summed E-state index contributed by atoms with van der Waals surface area (Å²) in [5, 5.41) is 3.75. The lowest BCUT2D eigenvalue weighted by molar-refractivity contribution is -0.119. The smallest absolute Gasteiger partial charge is 0.264 e. The third-order valence-electron chi connectivity index (χ3n) is 4.87. The third-order valence-corrected chi connectivity index (χ3v) is 6.91. The van der Waals surface area contributed by atoms with E-state index in [2.05, 4.69) is 10.2 Å². The van der Waals surface area contributed by atoms with Crippen molar-refractivity contribution in [1.29, 1.82) is 0 Å². The van der Waals surface area contributed by atoms with Gasteiger partial charge in [0.05, 0.1) is 23.8 Å². The van der Waals surface area contributed by atoms with Gasteiger partial charge in [0.15, 0.2) is 0 Å². The zero-order valence-corrected chi connectivity index (χ0v) is 18.5. The van der Waals surface area contributed by atoms with E-state index in [9.17, 15) is 13.2 Å². The monoisotopic (exact) mass is 467 g/mol. The van der Waals surface area contributed by atoms with Crippen LogP contribution in [-0.4, -0.2) is 65.2 Å². The van der Waals surface area contributed by atoms with Crippen molar-refractivity contribution in [2.75, 3.05) is 55.6 Å². The number of nitrogens with zero attached hydrogens (tertiary/aromatic N) is 2. The largest absolute Gasteiger partial charge is 0.384 e. The van der Waals surface area contributed by atoms with Crippen LogP contribution in [0.1, 0.15) is 0 Å². The van der Waals surface area contributed by atoms with Crippen molar-refractivity contribution in [3.05, 3.63) is 53.6 Å². The van der Waals surface area contributed by atoms with E-state index < -0.39 is 22.5 Å². The van der Waals surface area contributed by atoms with Crippen LogP contribution in [0.5, 0.6) is 0 Å². The van der Waals surface area contributed by atoms with E-state index in [-0.39, 0.29) is 4.90 Å². The molecule has 31 heavy (non-hydrogen) atoms. The second-order valence-electron chi connectivity index (χ2n) is 6.96. The van der Waals surface area contributed by atoms with Gasteiger partial charge in [0.25, 0.3) is 15.9 Å². The van der Waals surface area contributed by atoms with Crippen LogP contribution < -0.4 is 20.9 Å². The van der Waals surface area contributed by atoms with Crippen LogP contribution in [0.15, 0.2) is 53.4 Å². The molecule has 0 aliphatic carbocycles. The van der Waals surface area contributed by atoms with Crippen LogP contribution in [-0.2, 0) is 19.6 Å². The first-order valence-electron chi connectivity index (χ1n) is 9.82. The molecule has 0 spiro atoms. The molecule has 0 radical (unpaired) electrons. The number of hydrogen-bond donors (Lipinski definition) is 3. The Morgan fingerprint density at radius 3 is 2.35 bits per heavy atom. The van der Waals surface area contributed by atoms with Crippen LogP contribution in [0.25, 0.3) is 0 Å². The number of benzene rings is 2. The van der Waals surface area contributed by atoms with Gasteiger partial charge in [-0.05, 0) is 48.5 Å². The molecule has 0 aromatic heterocycles. The summed E-state index contributed by atoms with van der Waals surface area (Å²) in [6, 6.07) is 12.6. The maximum atomic E-state index is 13.2. The molecule has 1 heterocycles. The van der Waals surface area contributed by atoms with Crippen LogP contribution in [0, 0.1) is 0 Å². The highest BCUT2D eigenvalue weighted by molar-refractivity contribution is 7.92. The first kappa shape index (κ1) is 23.3. The third kappa shape index (κ3) is 6.31. The van der Waals surface area contributed by atoms with Crippen LogP contribution in [0.2, 0.25) is 5.02 Å². The van der Waals surface area contributed by atoms with Gasteiger partial charge in [-0.2, -0.15) is 0 Å². The Hall–Kier alpha value is -2.37. The predicted octanol–water partition coefficient (Wildman–Crippen LogP) is 1.27. The van der Waals surface area contributed by atoms with Crippen molar-refractivity contribution in [3.63, 3.8) is 0 Å². The summed E-state index contributed by atoms with van der Waals surface area (Å²) in [5.74, 6) is 4.52. The summed E-state index contributed by atoms with van der Waals surface area (Å²) in [6.45, 7) is 4.48. The fraction of sp³-hybridized carbons (Fsp3) is 0.350. The Kier molecular flexibility index (Phi) is 8.10. The second kappa shape index (κ2) is 10.8. The fourth-order valence-corrected chi connectivity index (χ4v) is 4.70. The Bertz CT molecular complexity index is 964. The summed E-state index contributed by atoms with van der Waals surface area (Å²) >= 11 is 5.91. The Morgan fingerprint density at radius 1 is 1.10 bits per heavy atom. The van der Waals surface area contributed by atoms with Crippen LogP contribution in [0.4, 0.5) is 11.4 Å². The Labute approximate surface area is 187 Å². The van der Waals surface area contributed by atoms with E-state index in [0.29, 0.717) is 10.7 Å². The predicted molar refractivity (Wildman–Crippen MR) is 121 cm³/mol. The summed E-state index contributed by atoms with van der Waals surface area (Å²) in [4.78, 5) is 14.2. The maximum Gasteiger partial charge on any atom is 0.264 e. The lowest BCUT2D eigenvalue weighted by Crippen LogP contribution is -2.43. The van der Waals surface area contributed by atoms with E-state index in [4.69, 9.17) is 22.2 Å². The zero-order valence-electron chi connectivity index (χ0n) is 17.0. The fourth-order valence-electron chi connectivity index (χ4n) is 3.15. The molecule has 4 N–H and O–H groups in total. The van der Waals surface area contributed by atoms with Crippen molar-refractivity contribution in [2.45, 2.75) is 4.90 Å². The number of rotatable bonds is 9. The number of nitrogens with two attached hydrogens (primary N) is 1. The number of carbonyl (C=O) groups is 1. The summed E-state index contributed by atoms with van der Waals surface area (Å²) < 4.78 is 32.8. The van der Waals surface area contributed by atoms with Gasteiger partial charge in [-0.1, -0.05) is 11.6 Å². The topological polar surface area (TPSA) is 117 Å². The molecule has 1 aliphatic heterocycles. The van der Waals surface area contributed by atoms with Crippen LogP contribution in [0.3, 0.4) is 0 Å². The molecule has 2 aromatic carbocycles. The van der Waals surface area contributed by atoms with E-state index in [1.54, 1.807) is 24.3 Å². The minimum absolute atomic E-state index is 0.0611. The molecular weight excluding hydrogens is 442 g/mol. The molecule has 0 bridgehead atoms. The first-order chi connectivity index (χ1) is 14.9. The van der Waals surface area contributed by atoms with Crippen molar-refractivity contribution < 1.29 is 17.9 Å².